The quantitative estimate of drug-likeness (QED) is 0.727. The standard InChI is InChI=1S/C19H29N3O5/c1-6-26-17(23)9-15(13-7-8-16(25-5)20-10-13)21-14-11-22(12-14)18(24)27-19(2,3)4/h7-8,10,14-15,21H,6,9,11-12H2,1-5H3/t15-/m0/s1. The fraction of sp³-hybridized carbons (Fsp3) is 0.632. The Bertz CT molecular complexity index is 636. The first kappa shape index (κ1) is 21.0. The van der Waals surface area contributed by atoms with Crippen LogP contribution in [-0.4, -0.2) is 60.4 Å². The van der Waals surface area contributed by atoms with Gasteiger partial charge in [-0.1, -0.05) is 6.07 Å². The molecule has 1 fully saturated rings. The molecule has 1 aromatic heterocycles. The van der Waals surface area contributed by atoms with Crippen LogP contribution in [0.25, 0.3) is 0 Å². The van der Waals surface area contributed by atoms with Gasteiger partial charge < -0.3 is 24.4 Å². The SMILES string of the molecule is CCOC(=O)C[C@H](NC1CN(C(=O)OC(C)(C)C)C1)c1ccc(OC)nc1. The molecule has 8 nitrogen and oxygen atoms in total. The molecule has 1 amide bonds. The molecule has 1 saturated heterocycles. The number of nitrogens with one attached hydrogen (secondary N) is 1. The van der Waals surface area contributed by atoms with Crippen LogP contribution in [0.3, 0.4) is 0 Å². The molecule has 2 heterocycles. The molecule has 0 saturated carbocycles. The van der Waals surface area contributed by atoms with Gasteiger partial charge in [0.05, 0.1) is 20.1 Å². The van der Waals surface area contributed by atoms with Gasteiger partial charge in [-0.2, -0.15) is 0 Å². The average Bonchev–Trinajstić information content (AvgIpc) is 2.55. The van der Waals surface area contributed by atoms with Crippen molar-refractivity contribution in [2.45, 2.75) is 51.8 Å². The van der Waals surface area contributed by atoms with Crippen LogP contribution < -0.4 is 10.1 Å². The normalized spacial score (nSPS) is 15.7. The lowest BCUT2D eigenvalue weighted by atomic mass is 10.0. The molecule has 0 aromatic carbocycles. The highest BCUT2D eigenvalue weighted by Crippen LogP contribution is 2.23. The maximum Gasteiger partial charge on any atom is 0.410 e. The van der Waals surface area contributed by atoms with Crippen molar-refractivity contribution in [3.8, 4) is 5.88 Å². The number of nitrogens with zero attached hydrogens (tertiary/aromatic N) is 2. The van der Waals surface area contributed by atoms with E-state index in [1.165, 1.54) is 0 Å². The number of likely N-dealkylation sites (tertiary alicyclic amines) is 1. The van der Waals surface area contributed by atoms with Crippen molar-refractivity contribution in [2.24, 2.45) is 0 Å². The van der Waals surface area contributed by atoms with Crippen LogP contribution in [0, 0.1) is 0 Å². The second-order valence-corrected chi connectivity index (χ2v) is 7.44. The van der Waals surface area contributed by atoms with Gasteiger partial charge in [0.1, 0.15) is 5.60 Å². The maximum atomic E-state index is 12.1. The van der Waals surface area contributed by atoms with Crippen LogP contribution in [-0.2, 0) is 14.3 Å². The van der Waals surface area contributed by atoms with Gasteiger partial charge in [0.15, 0.2) is 0 Å². The summed E-state index contributed by atoms with van der Waals surface area (Å²) in [6, 6.07) is 3.43. The van der Waals surface area contributed by atoms with Crippen LogP contribution >= 0.6 is 0 Å². The molecule has 8 heteroatoms. The minimum absolute atomic E-state index is 0.0686. The smallest absolute Gasteiger partial charge is 0.410 e. The Morgan fingerprint density at radius 1 is 1.33 bits per heavy atom. The zero-order chi connectivity index (χ0) is 20.0. The number of amides is 1. The molecule has 0 unspecified atom stereocenters. The van der Waals surface area contributed by atoms with Crippen LogP contribution in [0.1, 0.15) is 45.7 Å². The van der Waals surface area contributed by atoms with E-state index in [4.69, 9.17) is 14.2 Å². The Labute approximate surface area is 160 Å². The molecule has 1 aliphatic rings. The van der Waals surface area contributed by atoms with Crippen molar-refractivity contribution in [2.75, 3.05) is 26.8 Å². The molecule has 0 spiro atoms. The van der Waals surface area contributed by atoms with Gasteiger partial charge in [0, 0.05) is 37.4 Å². The molecule has 0 bridgehead atoms. The number of aromatic nitrogens is 1. The van der Waals surface area contributed by atoms with Crippen LogP contribution in [0.4, 0.5) is 4.79 Å². The van der Waals surface area contributed by atoms with E-state index in [0.29, 0.717) is 25.6 Å². The Balaban J connectivity index is 1.96. The van der Waals surface area contributed by atoms with Crippen LogP contribution in [0.5, 0.6) is 5.88 Å². The summed E-state index contributed by atoms with van der Waals surface area (Å²) in [7, 11) is 1.55. The Kier molecular flexibility index (Phi) is 7.01. The number of esters is 1. The lowest BCUT2D eigenvalue weighted by molar-refractivity contribution is -0.143. The highest BCUT2D eigenvalue weighted by molar-refractivity contribution is 5.71. The second-order valence-electron chi connectivity index (χ2n) is 7.44. The average molecular weight is 379 g/mol. The molecular formula is C19H29N3O5. The summed E-state index contributed by atoms with van der Waals surface area (Å²) in [5.41, 5.74) is 0.344. The summed E-state index contributed by atoms with van der Waals surface area (Å²) < 4.78 is 15.5. The van der Waals surface area contributed by atoms with E-state index >= 15 is 0 Å². The predicted octanol–water partition coefficient (Wildman–Crippen LogP) is 2.29. The molecular weight excluding hydrogens is 350 g/mol. The van der Waals surface area contributed by atoms with Crippen LogP contribution in [0.2, 0.25) is 0 Å². The van der Waals surface area contributed by atoms with Gasteiger partial charge in [-0.3, -0.25) is 4.79 Å². The number of carbonyl (C=O) groups is 2. The molecule has 1 aromatic rings. The van der Waals surface area contributed by atoms with Gasteiger partial charge in [-0.05, 0) is 33.3 Å². The molecule has 0 aliphatic carbocycles. The zero-order valence-electron chi connectivity index (χ0n) is 16.7. The van der Waals surface area contributed by atoms with Gasteiger partial charge in [0.2, 0.25) is 5.88 Å². The first-order valence-electron chi connectivity index (χ1n) is 9.11. The second kappa shape index (κ2) is 9.03. The maximum absolute atomic E-state index is 12.1. The van der Waals surface area contributed by atoms with E-state index in [-0.39, 0.29) is 30.6 Å². The summed E-state index contributed by atoms with van der Waals surface area (Å²) in [4.78, 5) is 29.9. The van der Waals surface area contributed by atoms with Crippen LogP contribution in [0.15, 0.2) is 18.3 Å². The number of hydrogen-bond donors (Lipinski definition) is 1. The van der Waals surface area contributed by atoms with Crippen molar-refractivity contribution in [3.63, 3.8) is 0 Å². The molecule has 1 aliphatic heterocycles. The van der Waals surface area contributed by atoms with E-state index < -0.39 is 5.60 Å². The number of rotatable bonds is 7. The van der Waals surface area contributed by atoms with E-state index in [1.54, 1.807) is 31.2 Å². The van der Waals surface area contributed by atoms with Crippen molar-refractivity contribution >= 4 is 12.1 Å². The first-order valence-corrected chi connectivity index (χ1v) is 9.11. The van der Waals surface area contributed by atoms with Gasteiger partial charge in [-0.15, -0.1) is 0 Å². The topological polar surface area (TPSA) is 90.0 Å². The van der Waals surface area contributed by atoms with Gasteiger partial charge in [0.25, 0.3) is 0 Å². The Morgan fingerprint density at radius 3 is 2.56 bits per heavy atom. The third kappa shape index (κ3) is 6.39. The summed E-state index contributed by atoms with van der Waals surface area (Å²) in [5.74, 6) is 0.225. The lowest BCUT2D eigenvalue weighted by Crippen LogP contribution is -2.61. The van der Waals surface area contributed by atoms with E-state index in [2.05, 4.69) is 10.3 Å². The van der Waals surface area contributed by atoms with Crippen molar-refractivity contribution in [1.82, 2.24) is 15.2 Å². The van der Waals surface area contributed by atoms with Crippen molar-refractivity contribution < 1.29 is 23.8 Å². The fourth-order valence-corrected chi connectivity index (χ4v) is 2.72. The number of carbonyl (C=O) groups excluding carboxylic acids is 2. The Hall–Kier alpha value is -2.35. The van der Waals surface area contributed by atoms with Crippen molar-refractivity contribution in [3.05, 3.63) is 23.9 Å². The summed E-state index contributed by atoms with van der Waals surface area (Å²) in [6.45, 7) is 8.68. The van der Waals surface area contributed by atoms with Gasteiger partial charge >= 0.3 is 12.1 Å². The third-order valence-electron chi connectivity index (χ3n) is 4.02. The Morgan fingerprint density at radius 2 is 2.04 bits per heavy atom. The first-order chi connectivity index (χ1) is 12.7. The zero-order valence-corrected chi connectivity index (χ0v) is 16.7. The summed E-state index contributed by atoms with van der Waals surface area (Å²) >= 11 is 0. The number of pyridine rings is 1. The lowest BCUT2D eigenvalue weighted by Gasteiger charge is -2.41. The number of methoxy groups -OCH3 is 1. The molecule has 1 atom stereocenters. The minimum atomic E-state index is -0.517. The largest absolute Gasteiger partial charge is 0.481 e. The summed E-state index contributed by atoms with van der Waals surface area (Å²) in [6.07, 6.45) is 1.54. The molecule has 27 heavy (non-hydrogen) atoms. The van der Waals surface area contributed by atoms with Crippen molar-refractivity contribution in [1.29, 1.82) is 0 Å². The molecule has 150 valence electrons. The minimum Gasteiger partial charge on any atom is -0.481 e. The summed E-state index contributed by atoms with van der Waals surface area (Å²) in [5, 5.41) is 3.41. The van der Waals surface area contributed by atoms with E-state index in [0.717, 1.165) is 5.56 Å². The molecule has 2 rings (SSSR count). The monoisotopic (exact) mass is 379 g/mol. The number of hydrogen-bond acceptors (Lipinski definition) is 7. The van der Waals surface area contributed by atoms with E-state index in [1.807, 2.05) is 26.8 Å². The third-order valence-corrected chi connectivity index (χ3v) is 4.02. The molecule has 1 N–H and O–H groups in total. The number of ether oxygens (including phenoxy) is 3. The highest BCUT2D eigenvalue weighted by Gasteiger charge is 2.35. The highest BCUT2D eigenvalue weighted by atomic mass is 16.6. The predicted molar refractivity (Wildman–Crippen MR) is 99.5 cm³/mol. The van der Waals surface area contributed by atoms with Gasteiger partial charge in [-0.25, -0.2) is 9.78 Å². The fourth-order valence-electron chi connectivity index (χ4n) is 2.72. The molecule has 0 radical (unpaired) electrons. The van der Waals surface area contributed by atoms with E-state index in [9.17, 15) is 9.59 Å².